The SMILES string of the molecule is CCc1ccc2c3cc(C)ccc3[s+]([O-])c2c1. The van der Waals surface area contributed by atoms with Crippen LogP contribution in [-0.2, 0) is 6.42 Å². The van der Waals surface area contributed by atoms with E-state index >= 15 is 0 Å². The van der Waals surface area contributed by atoms with Crippen molar-refractivity contribution in [3.8, 4) is 0 Å². The highest BCUT2D eigenvalue weighted by Crippen LogP contribution is 2.40. The van der Waals surface area contributed by atoms with Crippen LogP contribution in [0.3, 0.4) is 0 Å². The molecular weight excluding hydrogens is 228 g/mol. The number of rotatable bonds is 1. The molecule has 2 aromatic carbocycles. The van der Waals surface area contributed by atoms with Crippen LogP contribution in [0.15, 0.2) is 36.4 Å². The largest absolute Gasteiger partial charge is 0.590 e. The molecule has 0 spiro atoms. The van der Waals surface area contributed by atoms with Gasteiger partial charge in [0.25, 0.3) is 0 Å². The number of fused-ring (bicyclic) bond motifs is 3. The summed E-state index contributed by atoms with van der Waals surface area (Å²) < 4.78 is 14.3. The van der Waals surface area contributed by atoms with Gasteiger partial charge in [0, 0.05) is 16.8 Å². The second kappa shape index (κ2) is 3.83. The molecule has 3 aromatic rings. The molecule has 0 radical (unpaired) electrons. The summed E-state index contributed by atoms with van der Waals surface area (Å²) in [5.74, 6) is 0. The molecule has 1 unspecified atom stereocenters. The highest BCUT2D eigenvalue weighted by molar-refractivity contribution is 7.37. The van der Waals surface area contributed by atoms with Crippen LogP contribution < -0.4 is 0 Å². The van der Waals surface area contributed by atoms with Gasteiger partial charge in [-0.2, -0.15) is 0 Å². The van der Waals surface area contributed by atoms with Crippen LogP contribution in [0.2, 0.25) is 0 Å². The van der Waals surface area contributed by atoms with Gasteiger partial charge in [0.2, 0.25) is 0 Å². The molecule has 0 bridgehead atoms. The maximum atomic E-state index is 12.4. The fourth-order valence-corrected chi connectivity index (χ4v) is 3.73. The minimum atomic E-state index is -0.993. The van der Waals surface area contributed by atoms with Crippen LogP contribution in [0, 0.1) is 6.92 Å². The highest BCUT2D eigenvalue weighted by Gasteiger charge is 2.15. The summed E-state index contributed by atoms with van der Waals surface area (Å²) in [4.78, 5) is 0. The van der Waals surface area contributed by atoms with Gasteiger partial charge in [-0.05, 0) is 47.9 Å². The minimum Gasteiger partial charge on any atom is -0.590 e. The van der Waals surface area contributed by atoms with Crippen LogP contribution in [0.1, 0.15) is 18.1 Å². The quantitative estimate of drug-likeness (QED) is 0.572. The first-order valence-electron chi connectivity index (χ1n) is 5.86. The molecule has 86 valence electrons. The second-order valence-electron chi connectivity index (χ2n) is 4.45. The third-order valence-corrected chi connectivity index (χ3v) is 4.77. The fourth-order valence-electron chi connectivity index (χ4n) is 2.30. The lowest BCUT2D eigenvalue weighted by atomic mass is 10.1. The predicted octanol–water partition coefficient (Wildman–Crippen LogP) is 4.59. The minimum absolute atomic E-state index is 0.957. The summed E-state index contributed by atoms with van der Waals surface area (Å²) in [5.41, 5.74) is 2.47. The van der Waals surface area contributed by atoms with Crippen LogP contribution in [0.5, 0.6) is 0 Å². The molecule has 17 heavy (non-hydrogen) atoms. The molecule has 0 aliphatic heterocycles. The van der Waals surface area contributed by atoms with Crippen LogP contribution in [0.25, 0.3) is 20.2 Å². The first-order valence-corrected chi connectivity index (χ1v) is 7.01. The zero-order chi connectivity index (χ0) is 12.0. The Bertz CT molecular complexity index is 710. The zero-order valence-corrected chi connectivity index (χ0v) is 10.8. The Labute approximate surface area is 104 Å². The van der Waals surface area contributed by atoms with E-state index in [1.54, 1.807) is 0 Å². The van der Waals surface area contributed by atoms with Crippen molar-refractivity contribution in [2.24, 2.45) is 0 Å². The summed E-state index contributed by atoms with van der Waals surface area (Å²) >= 11 is 0. The third-order valence-electron chi connectivity index (χ3n) is 3.28. The van der Waals surface area contributed by atoms with Crippen molar-refractivity contribution >= 4 is 30.9 Å². The van der Waals surface area contributed by atoms with E-state index in [4.69, 9.17) is 0 Å². The van der Waals surface area contributed by atoms with Crippen LogP contribution in [-0.4, -0.2) is 4.55 Å². The number of aryl methyl sites for hydroxylation is 2. The lowest BCUT2D eigenvalue weighted by Crippen LogP contribution is -1.77. The average Bonchev–Trinajstić information content (AvgIpc) is 2.62. The first-order chi connectivity index (χ1) is 8.20. The molecule has 1 heterocycles. The molecule has 0 fully saturated rings. The van der Waals surface area contributed by atoms with E-state index in [9.17, 15) is 4.55 Å². The number of benzene rings is 2. The Morgan fingerprint density at radius 2 is 1.82 bits per heavy atom. The molecule has 1 nitrogen and oxygen atoms in total. The van der Waals surface area contributed by atoms with Crippen LogP contribution >= 0.6 is 10.8 Å². The smallest absolute Gasteiger partial charge is 0.181 e. The van der Waals surface area contributed by atoms with Crippen LogP contribution in [0.4, 0.5) is 0 Å². The van der Waals surface area contributed by atoms with Gasteiger partial charge in [-0.3, -0.25) is 0 Å². The van der Waals surface area contributed by atoms with Gasteiger partial charge in [-0.1, -0.05) is 24.6 Å². The topological polar surface area (TPSA) is 23.1 Å². The van der Waals surface area contributed by atoms with Gasteiger partial charge in [0.1, 0.15) is 0 Å². The van der Waals surface area contributed by atoms with Crippen molar-refractivity contribution in [2.75, 3.05) is 0 Å². The third kappa shape index (κ3) is 1.56. The van der Waals surface area contributed by atoms with E-state index in [2.05, 4.69) is 38.1 Å². The summed E-state index contributed by atoms with van der Waals surface area (Å²) in [7, 11) is -0.993. The van der Waals surface area contributed by atoms with Crippen molar-refractivity contribution in [1.82, 2.24) is 0 Å². The maximum absolute atomic E-state index is 12.4. The summed E-state index contributed by atoms with van der Waals surface area (Å²) in [6, 6.07) is 12.5. The highest BCUT2D eigenvalue weighted by atomic mass is 32.2. The van der Waals surface area contributed by atoms with Gasteiger partial charge < -0.3 is 4.55 Å². The van der Waals surface area contributed by atoms with E-state index < -0.39 is 10.8 Å². The van der Waals surface area contributed by atoms with Gasteiger partial charge in [-0.15, -0.1) is 0 Å². The first kappa shape index (κ1) is 10.8. The molecule has 0 saturated carbocycles. The van der Waals surface area contributed by atoms with Gasteiger partial charge >= 0.3 is 0 Å². The van der Waals surface area contributed by atoms with Crippen molar-refractivity contribution in [2.45, 2.75) is 20.3 Å². The molecule has 0 aliphatic rings. The second-order valence-corrected chi connectivity index (χ2v) is 5.87. The molecule has 1 atom stereocenters. The summed E-state index contributed by atoms with van der Waals surface area (Å²) in [5, 5.41) is 2.28. The fraction of sp³-hybridized carbons (Fsp3) is 0.200. The van der Waals surface area contributed by atoms with E-state index in [1.165, 1.54) is 11.1 Å². The molecule has 1 aromatic heterocycles. The van der Waals surface area contributed by atoms with Crippen molar-refractivity contribution in [1.29, 1.82) is 0 Å². The van der Waals surface area contributed by atoms with Gasteiger partial charge in [0.05, 0.1) is 0 Å². The van der Waals surface area contributed by atoms with Crippen molar-refractivity contribution < 1.29 is 4.55 Å². The lowest BCUT2D eigenvalue weighted by Gasteiger charge is -1.95. The normalized spacial score (nSPS) is 12.5. The standard InChI is InChI=1S/C15H14OS/c1-3-11-5-6-12-13-8-10(2)4-7-14(13)17(16)15(12)9-11/h4-9H,3H2,1-2H3. The molecule has 0 saturated heterocycles. The molecular formula is C15H14OS. The van der Waals surface area contributed by atoms with E-state index in [0.29, 0.717) is 0 Å². The Kier molecular flexibility index (Phi) is 2.42. The van der Waals surface area contributed by atoms with Crippen molar-refractivity contribution in [3.05, 3.63) is 47.5 Å². The zero-order valence-electron chi connectivity index (χ0n) is 9.99. The summed E-state index contributed by atoms with van der Waals surface area (Å²) in [6.45, 7) is 4.19. The van der Waals surface area contributed by atoms with Gasteiger partial charge in [-0.25, -0.2) is 0 Å². The molecule has 0 aliphatic carbocycles. The molecule has 0 N–H and O–H groups in total. The predicted molar refractivity (Wildman–Crippen MR) is 74.2 cm³/mol. The van der Waals surface area contributed by atoms with E-state index in [1.807, 2.05) is 12.1 Å². The molecule has 0 amide bonds. The Balaban J connectivity index is 2.49. The lowest BCUT2D eigenvalue weighted by molar-refractivity contribution is 0.602. The number of thiophene rings is 1. The van der Waals surface area contributed by atoms with Gasteiger partial charge in [0.15, 0.2) is 9.40 Å². The molecule has 3 rings (SSSR count). The molecule has 2 heteroatoms. The Hall–Kier alpha value is -1.38. The monoisotopic (exact) mass is 242 g/mol. The Morgan fingerprint density at radius 1 is 1.00 bits per heavy atom. The summed E-state index contributed by atoms with van der Waals surface area (Å²) in [6.07, 6.45) is 0.986. The number of hydrogen-bond donors (Lipinski definition) is 0. The number of hydrogen-bond acceptors (Lipinski definition) is 1. The Morgan fingerprint density at radius 3 is 2.59 bits per heavy atom. The average molecular weight is 242 g/mol. The van der Waals surface area contributed by atoms with E-state index in [-0.39, 0.29) is 0 Å². The van der Waals surface area contributed by atoms with E-state index in [0.717, 1.165) is 26.6 Å². The maximum Gasteiger partial charge on any atom is 0.181 e. The van der Waals surface area contributed by atoms with Crippen molar-refractivity contribution in [3.63, 3.8) is 0 Å².